The largest absolute Gasteiger partial charge is 0.433 e. The zero-order valence-corrected chi connectivity index (χ0v) is 17.2. The molecule has 0 N–H and O–H groups in total. The lowest BCUT2D eigenvalue weighted by Crippen LogP contribution is -2.39. The van der Waals surface area contributed by atoms with Crippen molar-refractivity contribution in [2.24, 2.45) is 5.92 Å². The molecule has 1 saturated carbocycles. The second-order valence-corrected chi connectivity index (χ2v) is 8.37. The summed E-state index contributed by atoms with van der Waals surface area (Å²) in [5.41, 5.74) is -0.213. The quantitative estimate of drug-likeness (QED) is 0.625. The molecule has 0 aromatic carbocycles. The van der Waals surface area contributed by atoms with Gasteiger partial charge in [-0.1, -0.05) is 24.4 Å². The number of rotatable bonds is 7. The third-order valence-electron chi connectivity index (χ3n) is 5.47. The van der Waals surface area contributed by atoms with E-state index in [4.69, 9.17) is 11.6 Å². The summed E-state index contributed by atoms with van der Waals surface area (Å²) >= 11 is 5.94. The first-order valence-corrected chi connectivity index (χ1v) is 10.3. The second-order valence-electron chi connectivity index (χ2n) is 7.93. The van der Waals surface area contributed by atoms with E-state index in [1.807, 2.05) is 0 Å². The molecular weight excluding hydrogens is 433 g/mol. The van der Waals surface area contributed by atoms with Crippen molar-refractivity contribution in [2.75, 3.05) is 18.0 Å². The number of carbonyl (C=O) groups excluding carboxylic acids is 2. The van der Waals surface area contributed by atoms with E-state index in [0.717, 1.165) is 31.5 Å². The number of pyridine rings is 2. The molecule has 2 aliphatic rings. The van der Waals surface area contributed by atoms with Gasteiger partial charge in [0.15, 0.2) is 5.78 Å². The van der Waals surface area contributed by atoms with Crippen LogP contribution in [-0.2, 0) is 17.4 Å². The van der Waals surface area contributed by atoms with Gasteiger partial charge >= 0.3 is 12.2 Å². The van der Waals surface area contributed by atoms with E-state index in [1.165, 1.54) is 22.1 Å². The predicted octanol–water partition coefficient (Wildman–Crippen LogP) is 4.37. The third kappa shape index (κ3) is 5.15. The monoisotopic (exact) mass is 452 g/mol. The van der Waals surface area contributed by atoms with Crippen LogP contribution < -0.4 is 4.90 Å². The van der Waals surface area contributed by atoms with Crippen LogP contribution in [0.4, 0.5) is 23.7 Å². The number of anilines is 1. The first-order chi connectivity index (χ1) is 14.7. The van der Waals surface area contributed by atoms with Crippen LogP contribution in [-0.4, -0.2) is 45.8 Å². The SMILES string of the molecule is O=C(Cc1cc(Cl)ccn1)CN1C(=O)N(c2ccc(C(F)(F)F)nc2)C[C@@H]1CC1CC1. The van der Waals surface area contributed by atoms with Gasteiger partial charge in [-0.05, 0) is 36.6 Å². The summed E-state index contributed by atoms with van der Waals surface area (Å²) in [7, 11) is 0. The molecule has 1 aliphatic heterocycles. The average Bonchev–Trinajstić information content (AvgIpc) is 3.47. The van der Waals surface area contributed by atoms with Gasteiger partial charge in [-0.2, -0.15) is 13.2 Å². The van der Waals surface area contributed by atoms with Crippen molar-refractivity contribution >= 4 is 29.1 Å². The lowest BCUT2D eigenvalue weighted by atomic mass is 10.1. The Morgan fingerprint density at radius 1 is 1.19 bits per heavy atom. The van der Waals surface area contributed by atoms with E-state index < -0.39 is 17.9 Å². The number of hydrogen-bond acceptors (Lipinski definition) is 4. The van der Waals surface area contributed by atoms with Crippen LogP contribution in [0.3, 0.4) is 0 Å². The maximum atomic E-state index is 13.1. The molecule has 2 aromatic rings. The molecule has 0 radical (unpaired) electrons. The topological polar surface area (TPSA) is 66.4 Å². The molecule has 0 unspecified atom stereocenters. The number of ketones is 1. The molecule has 4 rings (SSSR count). The number of carbonyl (C=O) groups is 2. The number of Topliss-reactive ketones (excluding diaryl/α,β-unsaturated/α-hetero) is 1. The fraction of sp³-hybridized carbons (Fsp3) is 0.429. The highest BCUT2D eigenvalue weighted by atomic mass is 35.5. The van der Waals surface area contributed by atoms with Crippen molar-refractivity contribution in [3.8, 4) is 0 Å². The standard InChI is InChI=1S/C21H20ClF3N4O2/c22-14-5-6-26-15(8-14)9-18(30)12-29-17(7-13-1-2-13)11-28(20(29)31)16-3-4-19(27-10-16)21(23,24)25/h3-6,8,10,13,17H,1-2,7,9,11-12H2/t17-/m0/s1. The van der Waals surface area contributed by atoms with Crippen LogP contribution in [0.2, 0.25) is 5.02 Å². The van der Waals surface area contributed by atoms with Crippen LogP contribution in [0.25, 0.3) is 0 Å². The summed E-state index contributed by atoms with van der Waals surface area (Å²) in [6.45, 7) is 0.222. The van der Waals surface area contributed by atoms with Crippen LogP contribution in [0.1, 0.15) is 30.7 Å². The predicted molar refractivity (Wildman–Crippen MR) is 108 cm³/mol. The van der Waals surface area contributed by atoms with Gasteiger partial charge in [0.2, 0.25) is 0 Å². The fourth-order valence-electron chi connectivity index (χ4n) is 3.76. The molecular formula is C21H20ClF3N4O2. The summed E-state index contributed by atoms with van der Waals surface area (Å²) < 4.78 is 38.4. The number of aromatic nitrogens is 2. The number of halogens is 4. The van der Waals surface area contributed by atoms with Crippen molar-refractivity contribution in [1.29, 1.82) is 0 Å². The Morgan fingerprint density at radius 3 is 2.58 bits per heavy atom. The number of amides is 2. The Labute approximate surface area is 182 Å². The molecule has 10 heteroatoms. The molecule has 0 spiro atoms. The highest BCUT2D eigenvalue weighted by Gasteiger charge is 2.42. The summed E-state index contributed by atoms with van der Waals surface area (Å²) in [4.78, 5) is 36.2. The summed E-state index contributed by atoms with van der Waals surface area (Å²) in [6.07, 6.45) is 0.995. The highest BCUT2D eigenvalue weighted by molar-refractivity contribution is 6.30. The number of nitrogens with zero attached hydrogens (tertiary/aromatic N) is 4. The zero-order chi connectivity index (χ0) is 22.2. The van der Waals surface area contributed by atoms with Crippen molar-refractivity contribution in [3.05, 3.63) is 53.1 Å². The van der Waals surface area contributed by atoms with Crippen molar-refractivity contribution in [1.82, 2.24) is 14.9 Å². The first-order valence-electron chi connectivity index (χ1n) is 9.94. The van der Waals surface area contributed by atoms with Crippen LogP contribution in [0, 0.1) is 5.92 Å². The van der Waals surface area contributed by atoms with Crippen LogP contribution in [0.15, 0.2) is 36.7 Å². The molecule has 1 atom stereocenters. The number of urea groups is 1. The lowest BCUT2D eigenvalue weighted by molar-refractivity contribution is -0.141. The first kappa shape index (κ1) is 21.5. The van der Waals surface area contributed by atoms with E-state index in [-0.39, 0.29) is 30.5 Å². The minimum absolute atomic E-state index is 0.0440. The number of hydrogen-bond donors (Lipinski definition) is 0. The van der Waals surface area contributed by atoms with Crippen LogP contribution in [0.5, 0.6) is 0 Å². The Morgan fingerprint density at radius 2 is 1.97 bits per heavy atom. The lowest BCUT2D eigenvalue weighted by Gasteiger charge is -2.22. The zero-order valence-electron chi connectivity index (χ0n) is 16.5. The van der Waals surface area contributed by atoms with Gasteiger partial charge in [0.1, 0.15) is 5.69 Å². The third-order valence-corrected chi connectivity index (χ3v) is 5.70. The molecule has 2 amide bonds. The van der Waals surface area contributed by atoms with Gasteiger partial charge in [-0.3, -0.25) is 14.7 Å². The minimum atomic E-state index is -4.55. The molecule has 0 bridgehead atoms. The van der Waals surface area contributed by atoms with Crippen molar-refractivity contribution < 1.29 is 22.8 Å². The maximum Gasteiger partial charge on any atom is 0.433 e. The summed E-state index contributed by atoms with van der Waals surface area (Å²) in [5, 5.41) is 0.475. The molecule has 1 aliphatic carbocycles. The molecule has 2 fully saturated rings. The Kier molecular flexibility index (Phi) is 5.88. The average molecular weight is 453 g/mol. The van der Waals surface area contributed by atoms with Gasteiger partial charge in [0.05, 0.1) is 30.9 Å². The fourth-order valence-corrected chi connectivity index (χ4v) is 3.94. The van der Waals surface area contributed by atoms with E-state index >= 15 is 0 Å². The van der Waals surface area contributed by atoms with Gasteiger partial charge in [0.25, 0.3) is 0 Å². The highest BCUT2D eigenvalue weighted by Crippen LogP contribution is 2.37. The van der Waals surface area contributed by atoms with E-state index in [2.05, 4.69) is 9.97 Å². The van der Waals surface area contributed by atoms with E-state index in [9.17, 15) is 22.8 Å². The number of alkyl halides is 3. The summed E-state index contributed by atoms with van der Waals surface area (Å²) in [5.74, 6) is 0.326. The van der Waals surface area contributed by atoms with Gasteiger partial charge in [-0.15, -0.1) is 0 Å². The maximum absolute atomic E-state index is 13.1. The Bertz CT molecular complexity index is 979. The smallest absolute Gasteiger partial charge is 0.312 e. The minimum Gasteiger partial charge on any atom is -0.312 e. The van der Waals surface area contributed by atoms with Gasteiger partial charge < -0.3 is 4.90 Å². The second kappa shape index (κ2) is 8.45. The van der Waals surface area contributed by atoms with Crippen molar-refractivity contribution in [2.45, 2.75) is 37.9 Å². The van der Waals surface area contributed by atoms with Gasteiger partial charge in [0, 0.05) is 23.5 Å². The normalized spacial score (nSPS) is 19.2. The van der Waals surface area contributed by atoms with E-state index in [1.54, 1.807) is 12.1 Å². The molecule has 6 nitrogen and oxygen atoms in total. The Balaban J connectivity index is 1.49. The molecule has 3 heterocycles. The van der Waals surface area contributed by atoms with Crippen LogP contribution >= 0.6 is 11.6 Å². The Hall–Kier alpha value is -2.68. The molecule has 2 aromatic heterocycles. The van der Waals surface area contributed by atoms with E-state index in [0.29, 0.717) is 23.2 Å². The van der Waals surface area contributed by atoms with Gasteiger partial charge in [-0.25, -0.2) is 9.78 Å². The molecule has 1 saturated heterocycles. The van der Waals surface area contributed by atoms with Crippen molar-refractivity contribution in [3.63, 3.8) is 0 Å². The molecule has 31 heavy (non-hydrogen) atoms. The molecule has 164 valence electrons. The summed E-state index contributed by atoms with van der Waals surface area (Å²) in [6, 6.07) is 4.73.